The van der Waals surface area contributed by atoms with Crippen LogP contribution in [0.2, 0.25) is 0 Å². The van der Waals surface area contributed by atoms with Crippen molar-refractivity contribution in [1.82, 2.24) is 5.43 Å². The molecule has 2 aromatic rings. The number of carbonyl (C=O) groups excluding carboxylic acids is 1. The third kappa shape index (κ3) is 3.43. The third-order valence-corrected chi connectivity index (χ3v) is 2.53. The lowest BCUT2D eigenvalue weighted by Crippen LogP contribution is -2.17. The SMILES string of the molecule is N#Cc1ccc(C(=O)NN=Cc2cccc(O)c2)cc1. The van der Waals surface area contributed by atoms with Gasteiger partial charge in [0.25, 0.3) is 5.91 Å². The summed E-state index contributed by atoms with van der Waals surface area (Å²) in [6.45, 7) is 0. The monoisotopic (exact) mass is 265 g/mol. The summed E-state index contributed by atoms with van der Waals surface area (Å²) in [5, 5.41) is 21.7. The topological polar surface area (TPSA) is 85.5 Å². The highest BCUT2D eigenvalue weighted by Gasteiger charge is 2.03. The molecule has 2 rings (SSSR count). The lowest BCUT2D eigenvalue weighted by atomic mass is 10.1. The predicted octanol–water partition coefficient (Wildman–Crippen LogP) is 2.03. The molecule has 0 saturated heterocycles. The van der Waals surface area contributed by atoms with Crippen LogP contribution in [0.5, 0.6) is 5.75 Å². The van der Waals surface area contributed by atoms with Crippen LogP contribution in [-0.2, 0) is 0 Å². The van der Waals surface area contributed by atoms with E-state index in [-0.39, 0.29) is 11.7 Å². The first-order chi connectivity index (χ1) is 9.69. The van der Waals surface area contributed by atoms with E-state index in [1.807, 2.05) is 6.07 Å². The molecule has 0 fully saturated rings. The summed E-state index contributed by atoms with van der Waals surface area (Å²) >= 11 is 0. The third-order valence-electron chi connectivity index (χ3n) is 2.53. The highest BCUT2D eigenvalue weighted by molar-refractivity contribution is 5.95. The second-order valence-electron chi connectivity index (χ2n) is 3.98. The minimum atomic E-state index is -0.370. The minimum absolute atomic E-state index is 0.132. The van der Waals surface area contributed by atoms with Crippen molar-refractivity contribution in [3.63, 3.8) is 0 Å². The number of hydrogen-bond acceptors (Lipinski definition) is 4. The molecule has 0 spiro atoms. The van der Waals surface area contributed by atoms with Gasteiger partial charge in [0, 0.05) is 5.56 Å². The number of amides is 1. The molecular formula is C15H11N3O2. The molecule has 5 heteroatoms. The van der Waals surface area contributed by atoms with Gasteiger partial charge in [0.1, 0.15) is 5.75 Å². The van der Waals surface area contributed by atoms with Crippen LogP contribution in [0.3, 0.4) is 0 Å². The van der Waals surface area contributed by atoms with Crippen LogP contribution in [0.25, 0.3) is 0 Å². The van der Waals surface area contributed by atoms with E-state index >= 15 is 0 Å². The van der Waals surface area contributed by atoms with Gasteiger partial charge in [0.2, 0.25) is 0 Å². The minimum Gasteiger partial charge on any atom is -0.508 e. The second-order valence-corrected chi connectivity index (χ2v) is 3.98. The van der Waals surface area contributed by atoms with Crippen LogP contribution in [0.15, 0.2) is 53.6 Å². The quantitative estimate of drug-likeness (QED) is 0.657. The Balaban J connectivity index is 1.99. The molecule has 0 aliphatic rings. The molecule has 0 aliphatic carbocycles. The maximum Gasteiger partial charge on any atom is 0.271 e. The summed E-state index contributed by atoms with van der Waals surface area (Å²) < 4.78 is 0. The van der Waals surface area contributed by atoms with Crippen molar-refractivity contribution in [2.75, 3.05) is 0 Å². The number of nitrogens with one attached hydrogen (secondary N) is 1. The van der Waals surface area contributed by atoms with Crippen LogP contribution in [0.1, 0.15) is 21.5 Å². The molecule has 0 atom stereocenters. The Morgan fingerprint density at radius 2 is 2.00 bits per heavy atom. The number of carbonyl (C=O) groups is 1. The molecule has 2 N–H and O–H groups in total. The average Bonchev–Trinajstić information content (AvgIpc) is 2.47. The molecular weight excluding hydrogens is 254 g/mol. The zero-order valence-corrected chi connectivity index (χ0v) is 10.4. The number of phenols is 1. The lowest BCUT2D eigenvalue weighted by Gasteiger charge is -1.99. The van der Waals surface area contributed by atoms with E-state index in [4.69, 9.17) is 5.26 Å². The second kappa shape index (κ2) is 6.16. The van der Waals surface area contributed by atoms with E-state index in [2.05, 4.69) is 10.5 Å². The number of phenolic OH excluding ortho intramolecular Hbond substituents is 1. The van der Waals surface area contributed by atoms with Gasteiger partial charge in [-0.2, -0.15) is 10.4 Å². The van der Waals surface area contributed by atoms with Crippen molar-refractivity contribution >= 4 is 12.1 Å². The number of aromatic hydroxyl groups is 1. The molecule has 0 bridgehead atoms. The van der Waals surface area contributed by atoms with Crippen LogP contribution in [0.4, 0.5) is 0 Å². The van der Waals surface area contributed by atoms with E-state index in [9.17, 15) is 9.90 Å². The molecule has 0 aromatic heterocycles. The molecule has 2 aromatic carbocycles. The molecule has 0 aliphatic heterocycles. The van der Waals surface area contributed by atoms with E-state index in [1.165, 1.54) is 12.3 Å². The van der Waals surface area contributed by atoms with E-state index in [1.54, 1.807) is 42.5 Å². The standard InChI is InChI=1S/C15H11N3O2/c16-9-11-4-6-13(7-5-11)15(20)18-17-10-12-2-1-3-14(19)8-12/h1-8,10,19H,(H,18,20). The number of hydrazone groups is 1. The van der Waals surface area contributed by atoms with Gasteiger partial charge in [-0.15, -0.1) is 0 Å². The first kappa shape index (κ1) is 13.3. The van der Waals surface area contributed by atoms with E-state index in [0.717, 1.165) is 0 Å². The predicted molar refractivity (Wildman–Crippen MR) is 74.3 cm³/mol. The molecule has 0 heterocycles. The average molecular weight is 265 g/mol. The van der Waals surface area contributed by atoms with Crippen LogP contribution < -0.4 is 5.43 Å². The number of rotatable bonds is 3. The molecule has 98 valence electrons. The smallest absolute Gasteiger partial charge is 0.271 e. The Morgan fingerprint density at radius 3 is 2.65 bits per heavy atom. The van der Waals surface area contributed by atoms with E-state index < -0.39 is 0 Å². The fourth-order valence-corrected chi connectivity index (χ4v) is 1.53. The lowest BCUT2D eigenvalue weighted by molar-refractivity contribution is 0.0955. The van der Waals surface area contributed by atoms with E-state index in [0.29, 0.717) is 16.7 Å². The van der Waals surface area contributed by atoms with Gasteiger partial charge in [-0.05, 0) is 42.0 Å². The highest BCUT2D eigenvalue weighted by atomic mass is 16.3. The summed E-state index contributed by atoms with van der Waals surface area (Å²) in [4.78, 5) is 11.7. The van der Waals surface area contributed by atoms with Crippen LogP contribution >= 0.6 is 0 Å². The summed E-state index contributed by atoms with van der Waals surface area (Å²) in [5.74, 6) is -0.238. The van der Waals surface area contributed by atoms with Crippen molar-refractivity contribution in [3.8, 4) is 11.8 Å². The number of hydrogen-bond donors (Lipinski definition) is 2. The van der Waals surface area contributed by atoms with Crippen LogP contribution in [0, 0.1) is 11.3 Å². The van der Waals surface area contributed by atoms with Gasteiger partial charge >= 0.3 is 0 Å². The van der Waals surface area contributed by atoms with Crippen molar-refractivity contribution in [1.29, 1.82) is 5.26 Å². The Labute approximate surface area is 115 Å². The Kier molecular flexibility index (Phi) is 4.10. The highest BCUT2D eigenvalue weighted by Crippen LogP contribution is 2.08. The summed E-state index contributed by atoms with van der Waals surface area (Å²) in [6, 6.07) is 14.7. The Hall–Kier alpha value is -3.13. The van der Waals surface area contributed by atoms with Crippen molar-refractivity contribution in [3.05, 3.63) is 65.2 Å². The van der Waals surface area contributed by atoms with Crippen LogP contribution in [-0.4, -0.2) is 17.2 Å². The fourth-order valence-electron chi connectivity index (χ4n) is 1.53. The summed E-state index contributed by atoms with van der Waals surface area (Å²) in [6.07, 6.45) is 1.43. The molecule has 0 unspecified atom stereocenters. The fraction of sp³-hybridized carbons (Fsp3) is 0. The van der Waals surface area contributed by atoms with Gasteiger partial charge in [0.05, 0.1) is 17.8 Å². The number of nitriles is 1. The normalized spacial score (nSPS) is 10.2. The van der Waals surface area contributed by atoms with Gasteiger partial charge < -0.3 is 5.11 Å². The zero-order valence-electron chi connectivity index (χ0n) is 10.4. The zero-order chi connectivity index (χ0) is 14.4. The first-order valence-corrected chi connectivity index (χ1v) is 5.81. The Bertz CT molecular complexity index is 685. The largest absolute Gasteiger partial charge is 0.508 e. The maximum atomic E-state index is 11.7. The summed E-state index contributed by atoms with van der Waals surface area (Å²) in [7, 11) is 0. The van der Waals surface area contributed by atoms with Gasteiger partial charge in [-0.1, -0.05) is 12.1 Å². The van der Waals surface area contributed by atoms with Gasteiger partial charge in [0.15, 0.2) is 0 Å². The van der Waals surface area contributed by atoms with Crippen molar-refractivity contribution < 1.29 is 9.90 Å². The molecule has 0 radical (unpaired) electrons. The number of benzene rings is 2. The van der Waals surface area contributed by atoms with Gasteiger partial charge in [-0.3, -0.25) is 4.79 Å². The molecule has 20 heavy (non-hydrogen) atoms. The maximum absolute atomic E-state index is 11.7. The Morgan fingerprint density at radius 1 is 1.25 bits per heavy atom. The molecule has 1 amide bonds. The van der Waals surface area contributed by atoms with Crippen molar-refractivity contribution in [2.24, 2.45) is 5.10 Å². The summed E-state index contributed by atoms with van der Waals surface area (Å²) in [5.41, 5.74) is 3.95. The molecule has 5 nitrogen and oxygen atoms in total. The van der Waals surface area contributed by atoms with Gasteiger partial charge in [-0.25, -0.2) is 5.43 Å². The van der Waals surface area contributed by atoms with Crippen molar-refractivity contribution in [2.45, 2.75) is 0 Å². The number of nitrogens with zero attached hydrogens (tertiary/aromatic N) is 2. The first-order valence-electron chi connectivity index (χ1n) is 5.81. The molecule has 0 saturated carbocycles.